The third-order valence-corrected chi connectivity index (χ3v) is 5.22. The van der Waals surface area contributed by atoms with Gasteiger partial charge in [0.1, 0.15) is 28.7 Å². The molecule has 0 aliphatic rings. The van der Waals surface area contributed by atoms with Crippen LogP contribution in [0.25, 0.3) is 22.4 Å². The van der Waals surface area contributed by atoms with Crippen LogP contribution in [0.4, 0.5) is 0 Å². The molecular formula is C19H20N2O6S. The Kier molecular flexibility index (Phi) is 5.30. The molecule has 0 aliphatic heterocycles. The zero-order chi connectivity index (χ0) is 20.5. The summed E-state index contributed by atoms with van der Waals surface area (Å²) >= 11 is 0. The van der Waals surface area contributed by atoms with Gasteiger partial charge in [-0.1, -0.05) is 17.3 Å². The van der Waals surface area contributed by atoms with Crippen molar-refractivity contribution in [3.05, 3.63) is 42.2 Å². The Morgan fingerprint density at radius 1 is 0.929 bits per heavy atom. The second-order valence-corrected chi connectivity index (χ2v) is 7.50. The standard InChI is InChI=1S/C19H20N2O6S/c1-11-17(12-5-7-14(8-6-12)28(20,22)23)19(21-27-11)18-15(25-3)9-13(24-2)10-16(18)26-4/h5-10H,1-4H3,(H2,20,22,23). The summed E-state index contributed by atoms with van der Waals surface area (Å²) in [6.45, 7) is 1.77. The molecule has 0 fully saturated rings. The molecule has 3 aromatic rings. The van der Waals surface area contributed by atoms with Crippen molar-refractivity contribution >= 4 is 10.0 Å². The van der Waals surface area contributed by atoms with Crippen molar-refractivity contribution in [2.24, 2.45) is 5.14 Å². The first-order valence-electron chi connectivity index (χ1n) is 8.20. The van der Waals surface area contributed by atoms with Gasteiger partial charge in [0.2, 0.25) is 10.0 Å². The summed E-state index contributed by atoms with van der Waals surface area (Å²) in [6, 6.07) is 9.59. The molecule has 0 atom stereocenters. The van der Waals surface area contributed by atoms with Gasteiger partial charge >= 0.3 is 0 Å². The van der Waals surface area contributed by atoms with Crippen LogP contribution in [-0.4, -0.2) is 34.9 Å². The molecule has 0 amide bonds. The Hall–Kier alpha value is -3.04. The lowest BCUT2D eigenvalue weighted by Crippen LogP contribution is -2.11. The summed E-state index contributed by atoms with van der Waals surface area (Å²) < 4.78 is 44.8. The van der Waals surface area contributed by atoms with Gasteiger partial charge in [-0.3, -0.25) is 0 Å². The number of benzene rings is 2. The molecular weight excluding hydrogens is 384 g/mol. The van der Waals surface area contributed by atoms with E-state index in [1.54, 1.807) is 38.3 Å². The number of primary sulfonamides is 1. The van der Waals surface area contributed by atoms with Crippen molar-refractivity contribution in [1.82, 2.24) is 5.16 Å². The van der Waals surface area contributed by atoms with E-state index in [1.165, 1.54) is 26.4 Å². The van der Waals surface area contributed by atoms with Crippen LogP contribution in [0.5, 0.6) is 17.2 Å². The fraction of sp³-hybridized carbons (Fsp3) is 0.211. The lowest BCUT2D eigenvalue weighted by atomic mass is 9.98. The van der Waals surface area contributed by atoms with Crippen LogP contribution in [0.15, 0.2) is 45.8 Å². The fourth-order valence-corrected chi connectivity index (χ4v) is 3.45. The van der Waals surface area contributed by atoms with Crippen molar-refractivity contribution in [1.29, 1.82) is 0 Å². The first-order chi connectivity index (χ1) is 13.3. The normalized spacial score (nSPS) is 11.3. The topological polar surface area (TPSA) is 114 Å². The molecule has 3 rings (SSSR count). The van der Waals surface area contributed by atoms with Gasteiger partial charge in [-0.2, -0.15) is 0 Å². The quantitative estimate of drug-likeness (QED) is 0.672. The summed E-state index contributed by atoms with van der Waals surface area (Å²) in [4.78, 5) is 0.0199. The number of nitrogens with zero attached hydrogens (tertiary/aromatic N) is 1. The molecule has 0 spiro atoms. The molecule has 0 saturated heterocycles. The molecule has 9 heteroatoms. The number of methoxy groups -OCH3 is 3. The maximum absolute atomic E-state index is 11.5. The number of hydrogen-bond acceptors (Lipinski definition) is 7. The van der Waals surface area contributed by atoms with Crippen LogP contribution in [-0.2, 0) is 10.0 Å². The highest BCUT2D eigenvalue weighted by Gasteiger charge is 2.24. The predicted octanol–water partition coefficient (Wildman–Crippen LogP) is 2.99. The highest BCUT2D eigenvalue weighted by Crippen LogP contribution is 2.45. The van der Waals surface area contributed by atoms with Gasteiger partial charge in [0.25, 0.3) is 0 Å². The second kappa shape index (κ2) is 7.53. The zero-order valence-electron chi connectivity index (χ0n) is 15.8. The Balaban J connectivity index is 2.22. The highest BCUT2D eigenvalue weighted by molar-refractivity contribution is 7.89. The van der Waals surface area contributed by atoms with E-state index < -0.39 is 10.0 Å². The second-order valence-electron chi connectivity index (χ2n) is 5.94. The minimum Gasteiger partial charge on any atom is -0.496 e. The average molecular weight is 404 g/mol. The van der Waals surface area contributed by atoms with E-state index >= 15 is 0 Å². The first kappa shape index (κ1) is 19.7. The van der Waals surface area contributed by atoms with Crippen LogP contribution in [0.3, 0.4) is 0 Å². The van der Waals surface area contributed by atoms with E-state index in [2.05, 4.69) is 5.16 Å². The van der Waals surface area contributed by atoms with Crippen LogP contribution in [0.2, 0.25) is 0 Å². The van der Waals surface area contributed by atoms with E-state index in [0.29, 0.717) is 45.4 Å². The summed E-state index contributed by atoms with van der Waals surface area (Å²) in [7, 11) is 0.831. The zero-order valence-corrected chi connectivity index (χ0v) is 16.7. The molecule has 0 unspecified atom stereocenters. The SMILES string of the molecule is COc1cc(OC)c(-c2noc(C)c2-c2ccc(S(N)(=O)=O)cc2)c(OC)c1. The number of aromatic nitrogens is 1. The largest absolute Gasteiger partial charge is 0.496 e. The summed E-state index contributed by atoms with van der Waals surface area (Å²) in [5.41, 5.74) is 2.48. The lowest BCUT2D eigenvalue weighted by molar-refractivity contribution is 0.375. The minimum atomic E-state index is -3.78. The molecule has 0 aliphatic carbocycles. The van der Waals surface area contributed by atoms with Crippen molar-refractivity contribution in [3.63, 3.8) is 0 Å². The number of hydrogen-bond donors (Lipinski definition) is 1. The number of nitrogens with two attached hydrogens (primary N) is 1. The molecule has 2 N–H and O–H groups in total. The van der Waals surface area contributed by atoms with Gasteiger partial charge in [-0.05, 0) is 24.6 Å². The molecule has 148 valence electrons. The fourth-order valence-electron chi connectivity index (χ4n) is 2.93. The van der Waals surface area contributed by atoms with Crippen molar-refractivity contribution in [2.75, 3.05) is 21.3 Å². The van der Waals surface area contributed by atoms with Gasteiger partial charge in [-0.25, -0.2) is 13.6 Å². The van der Waals surface area contributed by atoms with Crippen LogP contribution >= 0.6 is 0 Å². The number of ether oxygens (including phenoxy) is 3. The Labute approximate surface area is 162 Å². The summed E-state index contributed by atoms with van der Waals surface area (Å²) in [5.74, 6) is 2.11. The van der Waals surface area contributed by atoms with Gasteiger partial charge in [0.05, 0.1) is 37.4 Å². The Morgan fingerprint density at radius 2 is 1.50 bits per heavy atom. The lowest BCUT2D eigenvalue weighted by Gasteiger charge is -2.14. The van der Waals surface area contributed by atoms with E-state index in [4.69, 9.17) is 23.9 Å². The first-order valence-corrected chi connectivity index (χ1v) is 9.74. The number of aryl methyl sites for hydroxylation is 1. The summed E-state index contributed by atoms with van der Waals surface area (Å²) in [6.07, 6.45) is 0. The number of rotatable bonds is 6. The third kappa shape index (κ3) is 3.54. The third-order valence-electron chi connectivity index (χ3n) is 4.29. The van der Waals surface area contributed by atoms with Crippen LogP contribution < -0.4 is 19.3 Å². The molecule has 0 saturated carbocycles. The van der Waals surface area contributed by atoms with Crippen LogP contribution in [0, 0.1) is 6.92 Å². The van der Waals surface area contributed by atoms with E-state index in [-0.39, 0.29) is 4.90 Å². The molecule has 0 radical (unpaired) electrons. The van der Waals surface area contributed by atoms with Gasteiger partial charge < -0.3 is 18.7 Å². The molecule has 0 bridgehead atoms. The van der Waals surface area contributed by atoms with E-state index in [1.807, 2.05) is 0 Å². The average Bonchev–Trinajstić information content (AvgIpc) is 3.07. The Morgan fingerprint density at radius 3 is 1.96 bits per heavy atom. The Bertz CT molecular complexity index is 1080. The smallest absolute Gasteiger partial charge is 0.238 e. The van der Waals surface area contributed by atoms with Gasteiger partial charge in [-0.15, -0.1) is 0 Å². The minimum absolute atomic E-state index is 0.0199. The molecule has 28 heavy (non-hydrogen) atoms. The number of sulfonamides is 1. The molecule has 2 aromatic carbocycles. The monoisotopic (exact) mass is 404 g/mol. The molecule has 1 aromatic heterocycles. The molecule has 8 nitrogen and oxygen atoms in total. The van der Waals surface area contributed by atoms with Crippen molar-refractivity contribution in [2.45, 2.75) is 11.8 Å². The summed E-state index contributed by atoms with van der Waals surface area (Å²) in [5, 5.41) is 9.36. The maximum Gasteiger partial charge on any atom is 0.238 e. The van der Waals surface area contributed by atoms with Gasteiger partial charge in [0, 0.05) is 12.1 Å². The highest BCUT2D eigenvalue weighted by atomic mass is 32.2. The van der Waals surface area contributed by atoms with E-state index in [9.17, 15) is 8.42 Å². The van der Waals surface area contributed by atoms with E-state index in [0.717, 1.165) is 0 Å². The molecule has 1 heterocycles. The predicted molar refractivity (Wildman–Crippen MR) is 103 cm³/mol. The van der Waals surface area contributed by atoms with Crippen LogP contribution in [0.1, 0.15) is 5.76 Å². The van der Waals surface area contributed by atoms with Crippen molar-refractivity contribution < 1.29 is 27.2 Å². The van der Waals surface area contributed by atoms with Crippen molar-refractivity contribution in [3.8, 4) is 39.6 Å². The maximum atomic E-state index is 11.5. The van der Waals surface area contributed by atoms with Gasteiger partial charge in [0.15, 0.2) is 0 Å².